The number of carbonyl (C=O) groups is 1. The zero-order valence-corrected chi connectivity index (χ0v) is 16.1. The van der Waals surface area contributed by atoms with Gasteiger partial charge in [-0.1, -0.05) is 30.3 Å². The number of rotatable bonds is 2. The quantitative estimate of drug-likeness (QED) is 0.793. The molecule has 2 heterocycles. The third kappa shape index (κ3) is 4.35. The van der Waals surface area contributed by atoms with Crippen LogP contribution >= 0.6 is 0 Å². The van der Waals surface area contributed by atoms with Crippen molar-refractivity contribution in [2.75, 3.05) is 19.6 Å². The maximum Gasteiger partial charge on any atom is 0.410 e. The Morgan fingerprint density at radius 2 is 1.88 bits per heavy atom. The minimum Gasteiger partial charge on any atom is -0.444 e. The summed E-state index contributed by atoms with van der Waals surface area (Å²) in [4.78, 5) is 17.0. The molecule has 1 amide bonds. The Kier molecular flexibility index (Phi) is 5.38. The molecule has 2 fully saturated rings. The Balaban J connectivity index is 1.66. The lowest BCUT2D eigenvalue weighted by Crippen LogP contribution is -2.56. The molecule has 4 heteroatoms. The van der Waals surface area contributed by atoms with Crippen molar-refractivity contribution in [3.8, 4) is 0 Å². The summed E-state index contributed by atoms with van der Waals surface area (Å²) < 4.78 is 5.57. The van der Waals surface area contributed by atoms with Crippen LogP contribution in [0.15, 0.2) is 30.3 Å². The van der Waals surface area contributed by atoms with Crippen molar-refractivity contribution in [3.05, 3.63) is 35.9 Å². The van der Waals surface area contributed by atoms with Gasteiger partial charge in [-0.25, -0.2) is 4.79 Å². The topological polar surface area (TPSA) is 32.8 Å². The molecule has 3 rings (SSSR count). The van der Waals surface area contributed by atoms with Gasteiger partial charge in [0.2, 0.25) is 0 Å². The second kappa shape index (κ2) is 7.36. The molecular weight excluding hydrogens is 312 g/mol. The van der Waals surface area contributed by atoms with E-state index >= 15 is 0 Å². The van der Waals surface area contributed by atoms with E-state index in [1.807, 2.05) is 25.7 Å². The summed E-state index contributed by atoms with van der Waals surface area (Å²) in [5, 5.41) is 0. The van der Waals surface area contributed by atoms with Crippen molar-refractivity contribution in [2.45, 2.75) is 64.6 Å². The molecule has 4 nitrogen and oxygen atoms in total. The molecule has 138 valence electrons. The molecule has 2 aliphatic heterocycles. The molecule has 3 atom stereocenters. The molecule has 0 spiro atoms. The number of benzene rings is 1. The number of ether oxygens (including phenoxy) is 1. The Bertz CT molecular complexity index is 581. The molecule has 2 aliphatic rings. The molecule has 3 unspecified atom stereocenters. The fraction of sp³-hybridized carbons (Fsp3) is 0.667. The van der Waals surface area contributed by atoms with Gasteiger partial charge in [0.1, 0.15) is 5.60 Å². The highest BCUT2D eigenvalue weighted by Gasteiger charge is 2.40. The van der Waals surface area contributed by atoms with Gasteiger partial charge in [0.05, 0.1) is 0 Å². The predicted octanol–water partition coefficient (Wildman–Crippen LogP) is 4.47. The fourth-order valence-corrected chi connectivity index (χ4v) is 4.34. The summed E-state index contributed by atoms with van der Waals surface area (Å²) in [5.41, 5.74) is 0.965. The summed E-state index contributed by atoms with van der Waals surface area (Å²) in [7, 11) is 0. The van der Waals surface area contributed by atoms with E-state index in [9.17, 15) is 4.79 Å². The summed E-state index contributed by atoms with van der Waals surface area (Å²) in [6.45, 7) is 10.9. The monoisotopic (exact) mass is 344 g/mol. The second-order valence-corrected chi connectivity index (χ2v) is 8.51. The number of carbonyl (C=O) groups excluding carboxylic acids is 1. The van der Waals surface area contributed by atoms with Crippen LogP contribution in [0.4, 0.5) is 4.79 Å². The first-order valence-electron chi connectivity index (χ1n) is 9.64. The lowest BCUT2D eigenvalue weighted by molar-refractivity contribution is -0.0191. The average Bonchev–Trinajstić information content (AvgIpc) is 2.59. The number of piperidine rings is 2. The summed E-state index contributed by atoms with van der Waals surface area (Å²) in [5.74, 6) is 0.557. The van der Waals surface area contributed by atoms with Crippen LogP contribution in [0.25, 0.3) is 0 Å². The number of fused-ring (bicyclic) bond motifs is 1. The number of likely N-dealkylation sites (tertiary alicyclic amines) is 2. The van der Waals surface area contributed by atoms with Crippen molar-refractivity contribution < 1.29 is 9.53 Å². The summed E-state index contributed by atoms with van der Waals surface area (Å²) in [6, 6.07) is 11.8. The van der Waals surface area contributed by atoms with E-state index in [1.54, 1.807) is 0 Å². The van der Waals surface area contributed by atoms with Gasteiger partial charge in [0.25, 0.3) is 0 Å². The third-order valence-electron chi connectivity index (χ3n) is 5.54. The van der Waals surface area contributed by atoms with Gasteiger partial charge >= 0.3 is 6.09 Å². The lowest BCUT2D eigenvalue weighted by Gasteiger charge is -2.49. The first kappa shape index (κ1) is 18.2. The molecule has 0 N–H and O–H groups in total. The van der Waals surface area contributed by atoms with E-state index in [-0.39, 0.29) is 6.09 Å². The van der Waals surface area contributed by atoms with Crippen LogP contribution in [0.2, 0.25) is 0 Å². The van der Waals surface area contributed by atoms with Crippen molar-refractivity contribution in [1.29, 1.82) is 0 Å². The minimum atomic E-state index is -0.422. The van der Waals surface area contributed by atoms with Crippen LogP contribution in [0.1, 0.15) is 58.6 Å². The highest BCUT2D eigenvalue weighted by Crippen LogP contribution is 2.36. The molecular formula is C21H32N2O2. The van der Waals surface area contributed by atoms with E-state index in [2.05, 4.69) is 42.2 Å². The van der Waals surface area contributed by atoms with E-state index < -0.39 is 5.60 Å². The van der Waals surface area contributed by atoms with E-state index in [4.69, 9.17) is 4.74 Å². The van der Waals surface area contributed by atoms with Crippen molar-refractivity contribution in [2.24, 2.45) is 5.92 Å². The van der Waals surface area contributed by atoms with Crippen LogP contribution in [0.5, 0.6) is 0 Å². The van der Waals surface area contributed by atoms with Gasteiger partial charge < -0.3 is 9.64 Å². The molecule has 0 bridgehead atoms. The fourth-order valence-electron chi connectivity index (χ4n) is 4.34. The maximum atomic E-state index is 12.4. The number of hydrogen-bond acceptors (Lipinski definition) is 3. The van der Waals surface area contributed by atoms with E-state index in [0.717, 1.165) is 26.1 Å². The summed E-state index contributed by atoms with van der Waals surface area (Å²) >= 11 is 0. The molecule has 0 aliphatic carbocycles. The Labute approximate surface area is 152 Å². The molecule has 0 aromatic heterocycles. The Morgan fingerprint density at radius 3 is 2.56 bits per heavy atom. The van der Waals surface area contributed by atoms with Crippen LogP contribution in [-0.4, -0.2) is 47.2 Å². The summed E-state index contributed by atoms with van der Waals surface area (Å²) in [6.07, 6.45) is 3.31. The van der Waals surface area contributed by atoms with Gasteiger partial charge in [0.15, 0.2) is 0 Å². The number of hydrogen-bond donors (Lipinski definition) is 0. The predicted molar refractivity (Wildman–Crippen MR) is 100 cm³/mol. The van der Waals surface area contributed by atoms with Gasteiger partial charge in [-0.3, -0.25) is 4.90 Å². The molecule has 0 saturated carbocycles. The van der Waals surface area contributed by atoms with E-state index in [0.29, 0.717) is 18.0 Å². The van der Waals surface area contributed by atoms with Crippen LogP contribution in [0, 0.1) is 5.92 Å². The van der Waals surface area contributed by atoms with Crippen LogP contribution in [0.3, 0.4) is 0 Å². The number of amides is 1. The van der Waals surface area contributed by atoms with Crippen LogP contribution < -0.4 is 0 Å². The largest absolute Gasteiger partial charge is 0.444 e. The minimum absolute atomic E-state index is 0.154. The smallest absolute Gasteiger partial charge is 0.410 e. The molecule has 1 aromatic carbocycles. The lowest BCUT2D eigenvalue weighted by atomic mass is 9.82. The van der Waals surface area contributed by atoms with Crippen molar-refractivity contribution in [1.82, 2.24) is 9.80 Å². The second-order valence-electron chi connectivity index (χ2n) is 8.51. The van der Waals surface area contributed by atoms with Gasteiger partial charge in [-0.15, -0.1) is 0 Å². The van der Waals surface area contributed by atoms with Gasteiger partial charge in [0, 0.05) is 25.2 Å². The molecule has 25 heavy (non-hydrogen) atoms. The first-order chi connectivity index (χ1) is 11.8. The van der Waals surface area contributed by atoms with Crippen LogP contribution in [-0.2, 0) is 4.74 Å². The zero-order chi connectivity index (χ0) is 18.0. The average molecular weight is 344 g/mol. The Hall–Kier alpha value is -1.55. The van der Waals surface area contributed by atoms with Crippen molar-refractivity contribution in [3.63, 3.8) is 0 Å². The maximum absolute atomic E-state index is 12.4. The molecule has 1 aromatic rings. The van der Waals surface area contributed by atoms with E-state index in [1.165, 1.54) is 18.4 Å². The molecule has 2 saturated heterocycles. The standard InChI is InChI=1S/C21H32N2O2/c1-16(17-9-6-5-7-10-17)23-13-8-11-18-15-22(14-12-19(18)23)20(24)25-21(2,3)4/h5-7,9-10,16,18-19H,8,11-15H2,1-4H3. The Morgan fingerprint density at radius 1 is 1.16 bits per heavy atom. The SMILES string of the molecule is CC(c1ccccc1)N1CCCC2CN(C(=O)OC(C)(C)C)CCC21. The third-order valence-corrected chi connectivity index (χ3v) is 5.54. The highest BCUT2D eigenvalue weighted by molar-refractivity contribution is 5.68. The zero-order valence-electron chi connectivity index (χ0n) is 16.1. The highest BCUT2D eigenvalue weighted by atomic mass is 16.6. The van der Waals surface area contributed by atoms with Gasteiger partial charge in [-0.05, 0) is 65.0 Å². The van der Waals surface area contributed by atoms with Gasteiger partial charge in [-0.2, -0.15) is 0 Å². The normalized spacial score (nSPS) is 26.0. The molecule has 0 radical (unpaired) electrons. The first-order valence-corrected chi connectivity index (χ1v) is 9.64. The number of nitrogens with zero attached hydrogens (tertiary/aromatic N) is 2. The van der Waals surface area contributed by atoms with Crippen molar-refractivity contribution >= 4 is 6.09 Å².